The largest absolute Gasteiger partial charge is 0.366 e. The number of ketones is 1. The molecule has 0 fully saturated rings. The zero-order valence-corrected chi connectivity index (χ0v) is 11.3. The molecule has 1 atom stereocenters. The average Bonchev–Trinajstić information content (AvgIpc) is 2.17. The van der Waals surface area contributed by atoms with Crippen LogP contribution in [0.25, 0.3) is 0 Å². The van der Waals surface area contributed by atoms with Crippen LogP contribution in [-0.2, 0) is 9.32 Å². The maximum Gasteiger partial charge on any atom is 0.132 e. The first kappa shape index (κ1) is 15.1. The highest BCUT2D eigenvalue weighted by Gasteiger charge is 2.01. The molecule has 0 aliphatic heterocycles. The van der Waals surface area contributed by atoms with Crippen molar-refractivity contribution >= 4 is 15.2 Å². The number of carbonyl (C=O) groups excluding carboxylic acids is 1. The molecular formula is C12H25O2P. The molecule has 0 aliphatic carbocycles. The summed E-state index contributed by atoms with van der Waals surface area (Å²) in [6, 6.07) is 0. The van der Waals surface area contributed by atoms with E-state index in [9.17, 15) is 4.79 Å². The van der Waals surface area contributed by atoms with Crippen molar-refractivity contribution in [2.75, 3.05) is 6.61 Å². The molecule has 0 spiro atoms. The van der Waals surface area contributed by atoms with Crippen LogP contribution in [-0.4, -0.2) is 12.4 Å². The summed E-state index contributed by atoms with van der Waals surface area (Å²) < 4.78 is 4.83. The highest BCUT2D eigenvalue weighted by molar-refractivity contribution is 7.09. The van der Waals surface area contributed by atoms with E-state index in [-0.39, 0.29) is 0 Å². The monoisotopic (exact) mass is 232 g/mol. The number of unbranched alkanes of at least 4 members (excludes halogenated alkanes) is 2. The van der Waals surface area contributed by atoms with E-state index in [1.54, 1.807) is 0 Å². The van der Waals surface area contributed by atoms with Crippen LogP contribution in [0.3, 0.4) is 0 Å². The summed E-state index contributed by atoms with van der Waals surface area (Å²) >= 11 is 0. The Morgan fingerprint density at radius 1 is 1.13 bits per heavy atom. The number of rotatable bonds is 10. The molecule has 0 bridgehead atoms. The molecule has 0 saturated carbocycles. The van der Waals surface area contributed by atoms with Gasteiger partial charge in [0.1, 0.15) is 5.78 Å². The number of hydrogen-bond acceptors (Lipinski definition) is 2. The lowest BCUT2D eigenvalue weighted by Gasteiger charge is -2.04. The number of Topliss-reactive ketones (excluding diaryl/α,β-unsaturated/α-hetero) is 1. The van der Waals surface area contributed by atoms with Gasteiger partial charge in [-0.2, -0.15) is 0 Å². The maximum absolute atomic E-state index is 11.4. The zero-order valence-electron chi connectivity index (χ0n) is 10.1. The standard InChI is InChI=1S/C12H25O2P/c1-11(2)7-4-3-5-8-12(13)9-6-10-14-15/h11H,3-10,15H2,1-2H3. The fourth-order valence-electron chi connectivity index (χ4n) is 1.53. The highest BCUT2D eigenvalue weighted by atomic mass is 31.0. The van der Waals surface area contributed by atoms with Gasteiger partial charge >= 0.3 is 0 Å². The van der Waals surface area contributed by atoms with Crippen molar-refractivity contribution in [3.63, 3.8) is 0 Å². The smallest absolute Gasteiger partial charge is 0.132 e. The molecule has 0 aliphatic rings. The van der Waals surface area contributed by atoms with Gasteiger partial charge < -0.3 is 4.52 Å². The van der Waals surface area contributed by atoms with Crippen LogP contribution in [0.2, 0.25) is 0 Å². The SMILES string of the molecule is CC(C)CCCCCC(=O)CCCOP. The zero-order chi connectivity index (χ0) is 11.5. The minimum absolute atomic E-state index is 0.390. The second-order valence-corrected chi connectivity index (χ2v) is 4.84. The Balaban J connectivity index is 3.17. The summed E-state index contributed by atoms with van der Waals surface area (Å²) in [7, 11) is 2.21. The molecule has 1 unspecified atom stereocenters. The first-order chi connectivity index (χ1) is 7.16. The van der Waals surface area contributed by atoms with Crippen molar-refractivity contribution in [1.82, 2.24) is 0 Å². The summed E-state index contributed by atoms with van der Waals surface area (Å²) in [6.45, 7) is 5.16. The van der Waals surface area contributed by atoms with Gasteiger partial charge in [-0.05, 0) is 18.8 Å². The van der Waals surface area contributed by atoms with Gasteiger partial charge in [0.05, 0.1) is 6.61 Å². The Morgan fingerprint density at radius 2 is 1.80 bits per heavy atom. The third kappa shape index (κ3) is 12.0. The molecule has 0 heterocycles. The van der Waals surface area contributed by atoms with Crippen molar-refractivity contribution < 1.29 is 9.32 Å². The molecular weight excluding hydrogens is 207 g/mol. The summed E-state index contributed by atoms with van der Waals surface area (Å²) in [6.07, 6.45) is 7.11. The Morgan fingerprint density at radius 3 is 2.40 bits per heavy atom. The third-order valence-corrected chi connectivity index (χ3v) is 2.69. The fraction of sp³-hybridized carbons (Fsp3) is 0.917. The minimum Gasteiger partial charge on any atom is -0.366 e. The molecule has 2 nitrogen and oxygen atoms in total. The van der Waals surface area contributed by atoms with Gasteiger partial charge in [0, 0.05) is 22.3 Å². The van der Waals surface area contributed by atoms with E-state index < -0.39 is 0 Å². The number of hydrogen-bond donors (Lipinski definition) is 0. The van der Waals surface area contributed by atoms with Crippen LogP contribution >= 0.6 is 9.47 Å². The second-order valence-electron chi connectivity index (χ2n) is 4.51. The van der Waals surface area contributed by atoms with Gasteiger partial charge in [0.2, 0.25) is 0 Å². The van der Waals surface area contributed by atoms with Crippen LogP contribution in [0.5, 0.6) is 0 Å². The van der Waals surface area contributed by atoms with E-state index >= 15 is 0 Å². The number of carbonyl (C=O) groups is 1. The van der Waals surface area contributed by atoms with E-state index in [2.05, 4.69) is 23.3 Å². The third-order valence-electron chi connectivity index (χ3n) is 2.45. The quantitative estimate of drug-likeness (QED) is 0.423. The Hall–Kier alpha value is 0.0600. The lowest BCUT2D eigenvalue weighted by Crippen LogP contribution is -1.99. The molecule has 3 heteroatoms. The van der Waals surface area contributed by atoms with Crippen molar-refractivity contribution in [2.45, 2.75) is 58.8 Å². The van der Waals surface area contributed by atoms with E-state index in [1.807, 2.05) is 0 Å². The first-order valence-electron chi connectivity index (χ1n) is 6.00. The van der Waals surface area contributed by atoms with Crippen LogP contribution in [0.4, 0.5) is 0 Å². The lowest BCUT2D eigenvalue weighted by molar-refractivity contribution is -0.119. The highest BCUT2D eigenvalue weighted by Crippen LogP contribution is 2.10. The van der Waals surface area contributed by atoms with Gasteiger partial charge in [-0.15, -0.1) is 0 Å². The fourth-order valence-corrected chi connectivity index (χ4v) is 1.70. The van der Waals surface area contributed by atoms with Crippen LogP contribution in [0, 0.1) is 5.92 Å². The summed E-state index contributed by atoms with van der Waals surface area (Å²) in [5, 5.41) is 0. The van der Waals surface area contributed by atoms with Gasteiger partial charge in [-0.1, -0.05) is 33.1 Å². The predicted molar refractivity (Wildman–Crippen MR) is 67.8 cm³/mol. The minimum atomic E-state index is 0.390. The van der Waals surface area contributed by atoms with E-state index in [4.69, 9.17) is 4.52 Å². The molecule has 0 aromatic rings. The average molecular weight is 232 g/mol. The molecule has 15 heavy (non-hydrogen) atoms. The summed E-state index contributed by atoms with van der Waals surface area (Å²) in [5.74, 6) is 1.18. The van der Waals surface area contributed by atoms with E-state index in [1.165, 1.54) is 19.3 Å². The van der Waals surface area contributed by atoms with Gasteiger partial charge in [0.15, 0.2) is 0 Å². The van der Waals surface area contributed by atoms with Gasteiger partial charge in [-0.3, -0.25) is 4.79 Å². The van der Waals surface area contributed by atoms with E-state index in [0.29, 0.717) is 18.8 Å². The Kier molecular flexibility index (Phi) is 10.6. The molecule has 0 radical (unpaired) electrons. The van der Waals surface area contributed by atoms with Crippen LogP contribution in [0.15, 0.2) is 0 Å². The molecule has 0 aromatic heterocycles. The van der Waals surface area contributed by atoms with E-state index in [0.717, 1.165) is 25.2 Å². The second kappa shape index (κ2) is 10.6. The maximum atomic E-state index is 11.4. The normalized spacial score (nSPS) is 10.9. The van der Waals surface area contributed by atoms with Crippen LogP contribution in [0.1, 0.15) is 58.8 Å². The molecule has 90 valence electrons. The Labute approximate surface area is 96.4 Å². The first-order valence-corrected chi connectivity index (χ1v) is 6.47. The summed E-state index contributed by atoms with van der Waals surface area (Å²) in [4.78, 5) is 11.4. The van der Waals surface area contributed by atoms with Crippen molar-refractivity contribution in [3.05, 3.63) is 0 Å². The molecule has 0 saturated heterocycles. The van der Waals surface area contributed by atoms with Crippen molar-refractivity contribution in [2.24, 2.45) is 5.92 Å². The van der Waals surface area contributed by atoms with Crippen LogP contribution < -0.4 is 0 Å². The molecule has 0 amide bonds. The molecule has 0 rings (SSSR count). The van der Waals surface area contributed by atoms with Gasteiger partial charge in [0.25, 0.3) is 0 Å². The lowest BCUT2D eigenvalue weighted by atomic mass is 10.0. The molecule has 0 N–H and O–H groups in total. The summed E-state index contributed by atoms with van der Waals surface area (Å²) in [5.41, 5.74) is 0. The van der Waals surface area contributed by atoms with Crippen molar-refractivity contribution in [1.29, 1.82) is 0 Å². The Bertz CT molecular complexity index is 158. The molecule has 0 aromatic carbocycles. The van der Waals surface area contributed by atoms with Gasteiger partial charge in [-0.25, -0.2) is 0 Å². The topological polar surface area (TPSA) is 26.3 Å². The van der Waals surface area contributed by atoms with Crippen molar-refractivity contribution in [3.8, 4) is 0 Å². The predicted octanol–water partition coefficient (Wildman–Crippen LogP) is 3.75.